The molecule has 3 rings (SSSR count). The molecule has 0 aliphatic rings. The van der Waals surface area contributed by atoms with Crippen molar-refractivity contribution < 1.29 is 4.79 Å². The summed E-state index contributed by atoms with van der Waals surface area (Å²) in [6, 6.07) is 15.8. The van der Waals surface area contributed by atoms with Gasteiger partial charge in [-0.25, -0.2) is 4.98 Å². The summed E-state index contributed by atoms with van der Waals surface area (Å²) in [7, 11) is 0. The van der Waals surface area contributed by atoms with Crippen LogP contribution in [0.2, 0.25) is 15.1 Å². The maximum absolute atomic E-state index is 12.1. The SMILES string of the molecule is CC(Cl)C(=O)Nc1nc(-c2ccc(Cl)cc2Cl)c(-c2ccc(Cl)cc2)cc1C#N. The number of benzene rings is 2. The smallest absolute Gasteiger partial charge is 0.243 e. The first-order valence-electron chi connectivity index (χ1n) is 8.41. The Morgan fingerprint density at radius 1 is 1.03 bits per heavy atom. The van der Waals surface area contributed by atoms with Crippen molar-refractivity contribution >= 4 is 58.1 Å². The summed E-state index contributed by atoms with van der Waals surface area (Å²) in [6.45, 7) is 1.53. The number of amides is 1. The van der Waals surface area contributed by atoms with Crippen LogP contribution in [-0.2, 0) is 4.79 Å². The van der Waals surface area contributed by atoms with Crippen LogP contribution >= 0.6 is 46.4 Å². The Hall–Kier alpha value is -2.29. The van der Waals surface area contributed by atoms with E-state index in [0.717, 1.165) is 5.56 Å². The summed E-state index contributed by atoms with van der Waals surface area (Å²) >= 11 is 24.3. The second kappa shape index (κ2) is 9.02. The van der Waals surface area contributed by atoms with Gasteiger partial charge in [-0.1, -0.05) is 46.9 Å². The molecule has 29 heavy (non-hydrogen) atoms. The molecule has 0 spiro atoms. The van der Waals surface area contributed by atoms with E-state index in [-0.39, 0.29) is 11.4 Å². The molecule has 8 heteroatoms. The van der Waals surface area contributed by atoms with Crippen molar-refractivity contribution in [3.05, 3.63) is 69.2 Å². The van der Waals surface area contributed by atoms with Crippen molar-refractivity contribution in [3.63, 3.8) is 0 Å². The van der Waals surface area contributed by atoms with Crippen LogP contribution in [0.4, 0.5) is 5.82 Å². The molecule has 0 bridgehead atoms. The number of aromatic nitrogens is 1. The molecule has 1 unspecified atom stereocenters. The van der Waals surface area contributed by atoms with Crippen molar-refractivity contribution in [2.75, 3.05) is 5.32 Å². The lowest BCUT2D eigenvalue weighted by Gasteiger charge is -2.15. The maximum atomic E-state index is 12.1. The van der Waals surface area contributed by atoms with Gasteiger partial charge < -0.3 is 5.32 Å². The van der Waals surface area contributed by atoms with Crippen molar-refractivity contribution in [3.8, 4) is 28.5 Å². The molecule has 0 fully saturated rings. The van der Waals surface area contributed by atoms with Gasteiger partial charge in [-0.15, -0.1) is 11.6 Å². The lowest BCUT2D eigenvalue weighted by molar-refractivity contribution is -0.115. The highest BCUT2D eigenvalue weighted by atomic mass is 35.5. The standard InChI is InChI=1S/C21H13Cl4N3O/c1-11(22)21(29)28-20-13(10-26)8-17(12-2-4-14(23)5-3-12)19(27-20)16-7-6-15(24)9-18(16)25/h2-9,11H,1H3,(H,27,28,29). The van der Waals surface area contributed by atoms with Crippen LogP contribution in [-0.4, -0.2) is 16.3 Å². The third-order valence-electron chi connectivity index (χ3n) is 4.09. The molecule has 0 aliphatic heterocycles. The molecule has 1 atom stereocenters. The Kier molecular flexibility index (Phi) is 6.66. The largest absolute Gasteiger partial charge is 0.308 e. The first kappa shape index (κ1) is 21.4. The number of nitriles is 1. The average molecular weight is 465 g/mol. The van der Waals surface area contributed by atoms with Gasteiger partial charge in [0.15, 0.2) is 5.82 Å². The Balaban J connectivity index is 2.27. The number of pyridine rings is 1. The van der Waals surface area contributed by atoms with Gasteiger partial charge in [0.25, 0.3) is 0 Å². The van der Waals surface area contributed by atoms with Crippen molar-refractivity contribution in [1.29, 1.82) is 5.26 Å². The highest BCUT2D eigenvalue weighted by Crippen LogP contribution is 2.38. The van der Waals surface area contributed by atoms with Gasteiger partial charge in [-0.3, -0.25) is 4.79 Å². The van der Waals surface area contributed by atoms with E-state index in [0.29, 0.717) is 31.9 Å². The fourth-order valence-corrected chi connectivity index (χ4v) is 3.32. The number of carbonyl (C=O) groups excluding carboxylic acids is 1. The summed E-state index contributed by atoms with van der Waals surface area (Å²) in [5.41, 5.74) is 2.70. The van der Waals surface area contributed by atoms with Crippen LogP contribution in [0.25, 0.3) is 22.4 Å². The molecule has 2 aromatic carbocycles. The van der Waals surface area contributed by atoms with E-state index in [9.17, 15) is 10.1 Å². The molecule has 4 nitrogen and oxygen atoms in total. The predicted molar refractivity (Wildman–Crippen MR) is 119 cm³/mol. The number of nitrogens with zero attached hydrogens (tertiary/aromatic N) is 2. The summed E-state index contributed by atoms with van der Waals surface area (Å²) in [5, 5.41) is 12.8. The quantitative estimate of drug-likeness (QED) is 0.431. The lowest BCUT2D eigenvalue weighted by Crippen LogP contribution is -2.22. The first-order valence-corrected chi connectivity index (χ1v) is 9.98. The van der Waals surface area contributed by atoms with E-state index in [1.54, 1.807) is 36.4 Å². The molecule has 146 valence electrons. The van der Waals surface area contributed by atoms with Crippen LogP contribution < -0.4 is 5.32 Å². The minimum absolute atomic E-state index is 0.101. The van der Waals surface area contributed by atoms with E-state index in [2.05, 4.69) is 16.4 Å². The van der Waals surface area contributed by atoms with E-state index >= 15 is 0 Å². The summed E-state index contributed by atoms with van der Waals surface area (Å²) in [4.78, 5) is 16.6. The van der Waals surface area contributed by atoms with E-state index < -0.39 is 11.3 Å². The zero-order chi connectivity index (χ0) is 21.1. The number of carbonyl (C=O) groups is 1. The minimum atomic E-state index is -0.790. The average Bonchev–Trinajstić information content (AvgIpc) is 2.68. The van der Waals surface area contributed by atoms with Gasteiger partial charge >= 0.3 is 0 Å². The Morgan fingerprint density at radius 3 is 2.28 bits per heavy atom. The van der Waals surface area contributed by atoms with Crippen LogP contribution in [0.5, 0.6) is 0 Å². The van der Waals surface area contributed by atoms with Gasteiger partial charge in [0.2, 0.25) is 5.91 Å². The number of anilines is 1. The third kappa shape index (κ3) is 4.83. The van der Waals surface area contributed by atoms with Gasteiger partial charge in [0, 0.05) is 21.2 Å². The van der Waals surface area contributed by atoms with Gasteiger partial charge in [0.05, 0.1) is 16.3 Å². The van der Waals surface area contributed by atoms with Crippen LogP contribution in [0.1, 0.15) is 12.5 Å². The zero-order valence-corrected chi connectivity index (χ0v) is 18.0. The van der Waals surface area contributed by atoms with Crippen molar-refractivity contribution in [1.82, 2.24) is 4.98 Å². The number of hydrogen-bond donors (Lipinski definition) is 1. The van der Waals surface area contributed by atoms with Crippen molar-refractivity contribution in [2.45, 2.75) is 12.3 Å². The fourth-order valence-electron chi connectivity index (χ4n) is 2.65. The molecule has 1 aromatic heterocycles. The van der Waals surface area contributed by atoms with Crippen LogP contribution in [0.3, 0.4) is 0 Å². The van der Waals surface area contributed by atoms with Crippen LogP contribution in [0, 0.1) is 11.3 Å². The number of rotatable bonds is 4. The lowest BCUT2D eigenvalue weighted by atomic mass is 9.97. The van der Waals surface area contributed by atoms with E-state index in [1.807, 2.05) is 12.1 Å². The molecule has 1 N–H and O–H groups in total. The van der Waals surface area contributed by atoms with Crippen molar-refractivity contribution in [2.24, 2.45) is 0 Å². The zero-order valence-electron chi connectivity index (χ0n) is 15.0. The second-order valence-electron chi connectivity index (χ2n) is 6.13. The molecule has 1 amide bonds. The molecule has 0 saturated heterocycles. The third-order valence-corrected chi connectivity index (χ3v) is 5.09. The molecule has 0 radical (unpaired) electrons. The van der Waals surface area contributed by atoms with E-state index in [4.69, 9.17) is 46.4 Å². The van der Waals surface area contributed by atoms with Crippen LogP contribution in [0.15, 0.2) is 48.5 Å². The predicted octanol–water partition coefficient (Wildman–Crippen LogP) is 6.81. The molecular weight excluding hydrogens is 452 g/mol. The summed E-state index contributed by atoms with van der Waals surface area (Å²) in [5.74, 6) is -0.369. The molecule has 1 heterocycles. The first-order chi connectivity index (χ1) is 13.8. The molecule has 0 saturated carbocycles. The topological polar surface area (TPSA) is 65.8 Å². The number of alkyl halides is 1. The Bertz CT molecular complexity index is 1120. The normalized spacial score (nSPS) is 11.6. The monoisotopic (exact) mass is 463 g/mol. The summed E-state index contributed by atoms with van der Waals surface area (Å²) < 4.78 is 0. The number of halogens is 4. The van der Waals surface area contributed by atoms with Gasteiger partial charge in [-0.2, -0.15) is 5.26 Å². The number of hydrogen-bond acceptors (Lipinski definition) is 3. The van der Waals surface area contributed by atoms with Gasteiger partial charge in [0.1, 0.15) is 11.4 Å². The minimum Gasteiger partial charge on any atom is -0.308 e. The summed E-state index contributed by atoms with van der Waals surface area (Å²) in [6.07, 6.45) is 0. The second-order valence-corrected chi connectivity index (χ2v) is 8.06. The molecule has 0 aliphatic carbocycles. The Labute approximate surface area is 188 Å². The fraction of sp³-hybridized carbons (Fsp3) is 0.0952. The number of nitrogens with one attached hydrogen (secondary N) is 1. The maximum Gasteiger partial charge on any atom is 0.243 e. The molecule has 3 aromatic rings. The highest BCUT2D eigenvalue weighted by molar-refractivity contribution is 6.36. The van der Waals surface area contributed by atoms with E-state index in [1.165, 1.54) is 6.92 Å². The highest BCUT2D eigenvalue weighted by Gasteiger charge is 2.19. The Morgan fingerprint density at radius 2 is 1.69 bits per heavy atom. The molecular formula is C21H13Cl4N3O. The van der Waals surface area contributed by atoms with Gasteiger partial charge in [-0.05, 0) is 48.9 Å².